The summed E-state index contributed by atoms with van der Waals surface area (Å²) in [5, 5.41) is 19.0. The molecular weight excluding hydrogens is 456 g/mol. The summed E-state index contributed by atoms with van der Waals surface area (Å²) in [5.74, 6) is -3.42. The first kappa shape index (κ1) is 23.6. The van der Waals surface area contributed by atoms with Crippen LogP contribution in [0, 0.1) is 0 Å². The van der Waals surface area contributed by atoms with E-state index in [0.29, 0.717) is 17.5 Å². The lowest BCUT2D eigenvalue weighted by Gasteiger charge is -2.18. The molecule has 1 aliphatic rings. The van der Waals surface area contributed by atoms with Gasteiger partial charge in [-0.1, -0.05) is 0 Å². The molecule has 0 radical (unpaired) electrons. The van der Waals surface area contributed by atoms with Crippen LogP contribution in [0.4, 0.5) is 16.2 Å². The van der Waals surface area contributed by atoms with Crippen molar-refractivity contribution in [3.8, 4) is 11.5 Å². The van der Waals surface area contributed by atoms with Crippen molar-refractivity contribution < 1.29 is 43.7 Å². The van der Waals surface area contributed by atoms with Gasteiger partial charge in [-0.2, -0.15) is 0 Å². The van der Waals surface area contributed by atoms with E-state index in [1.807, 2.05) is 0 Å². The van der Waals surface area contributed by atoms with Crippen molar-refractivity contribution in [3.05, 3.63) is 47.5 Å². The Bertz CT molecular complexity index is 1160. The highest BCUT2D eigenvalue weighted by Crippen LogP contribution is 2.39. The summed E-state index contributed by atoms with van der Waals surface area (Å²) in [6.07, 6.45) is -0.444. The molecule has 0 aliphatic carbocycles. The predicted molar refractivity (Wildman–Crippen MR) is 117 cm³/mol. The lowest BCUT2D eigenvalue weighted by atomic mass is 10.1. The van der Waals surface area contributed by atoms with Gasteiger partial charge in [0.25, 0.3) is 5.24 Å². The van der Waals surface area contributed by atoms with Gasteiger partial charge in [0.15, 0.2) is 0 Å². The number of nitrogens with zero attached hydrogens (tertiary/aromatic N) is 1. The molecule has 0 aromatic heterocycles. The van der Waals surface area contributed by atoms with Gasteiger partial charge >= 0.3 is 11.9 Å². The number of amides is 3. The Morgan fingerprint density at radius 1 is 1.03 bits per heavy atom. The summed E-state index contributed by atoms with van der Waals surface area (Å²) < 4.78 is 10.3. The smallest absolute Gasteiger partial charge is 0.337 e. The van der Waals surface area contributed by atoms with Crippen LogP contribution in [0.25, 0.3) is 0 Å². The molecule has 2 aromatic carbocycles. The minimum absolute atomic E-state index is 0.186. The molecular formula is C21H18N2O9S. The van der Waals surface area contributed by atoms with Crippen LogP contribution >= 0.6 is 11.8 Å². The first-order chi connectivity index (χ1) is 15.7. The Balaban J connectivity index is 1.79. The second kappa shape index (κ2) is 9.61. The minimum Gasteiger partial charge on any atom is -0.497 e. The maximum Gasteiger partial charge on any atom is 0.337 e. The van der Waals surface area contributed by atoms with Crippen LogP contribution in [0.15, 0.2) is 36.4 Å². The van der Waals surface area contributed by atoms with Gasteiger partial charge in [0.2, 0.25) is 11.8 Å². The topological polar surface area (TPSA) is 160 Å². The molecule has 1 fully saturated rings. The molecule has 33 heavy (non-hydrogen) atoms. The maximum atomic E-state index is 12.9. The minimum atomic E-state index is -1.37. The van der Waals surface area contributed by atoms with E-state index in [1.54, 1.807) is 6.07 Å². The van der Waals surface area contributed by atoms with E-state index < -0.39 is 40.7 Å². The third kappa shape index (κ3) is 4.90. The van der Waals surface area contributed by atoms with Crippen molar-refractivity contribution in [1.29, 1.82) is 0 Å². The van der Waals surface area contributed by atoms with E-state index in [9.17, 15) is 29.1 Å². The van der Waals surface area contributed by atoms with Crippen LogP contribution in [0.3, 0.4) is 0 Å². The first-order valence-corrected chi connectivity index (χ1v) is 10.2. The van der Waals surface area contributed by atoms with Crippen LogP contribution in [0.2, 0.25) is 0 Å². The summed E-state index contributed by atoms with van der Waals surface area (Å²) in [6, 6.07) is 7.68. The van der Waals surface area contributed by atoms with Gasteiger partial charge in [0.1, 0.15) is 16.7 Å². The lowest BCUT2D eigenvalue weighted by Crippen LogP contribution is -2.33. The van der Waals surface area contributed by atoms with Crippen LogP contribution < -0.4 is 19.7 Å². The number of thioether (sulfide) groups is 1. The number of aromatic carboxylic acids is 2. The summed E-state index contributed by atoms with van der Waals surface area (Å²) in [7, 11) is 2.82. The monoisotopic (exact) mass is 474 g/mol. The number of carbonyl (C=O) groups is 5. The van der Waals surface area contributed by atoms with E-state index in [2.05, 4.69) is 5.32 Å². The van der Waals surface area contributed by atoms with E-state index in [-0.39, 0.29) is 28.3 Å². The molecule has 3 N–H and O–H groups in total. The van der Waals surface area contributed by atoms with Crippen molar-refractivity contribution in [3.63, 3.8) is 0 Å². The number of carbonyl (C=O) groups excluding carboxylic acids is 3. The molecule has 1 aliphatic heterocycles. The first-order valence-electron chi connectivity index (χ1n) is 9.33. The second-order valence-electron chi connectivity index (χ2n) is 6.71. The fourth-order valence-electron chi connectivity index (χ4n) is 3.11. The Kier molecular flexibility index (Phi) is 6.87. The number of nitrogens with one attached hydrogen (secondary N) is 1. The number of rotatable bonds is 8. The molecule has 11 nitrogen and oxygen atoms in total. The molecule has 0 saturated carbocycles. The third-order valence-electron chi connectivity index (χ3n) is 4.69. The largest absolute Gasteiger partial charge is 0.497 e. The fraction of sp³-hybridized carbons (Fsp3) is 0.190. The highest BCUT2D eigenvalue weighted by atomic mass is 32.2. The molecule has 0 spiro atoms. The maximum absolute atomic E-state index is 12.9. The molecule has 2 aromatic rings. The zero-order chi connectivity index (χ0) is 24.3. The SMILES string of the molecule is COc1ccc(N2C(=O)SC(CC(=O)Nc3cc(C(=O)O)ccc3C(=O)O)C2=O)c(OC)c1. The highest BCUT2D eigenvalue weighted by molar-refractivity contribution is 8.15. The molecule has 1 atom stereocenters. The molecule has 12 heteroatoms. The van der Waals surface area contributed by atoms with Gasteiger partial charge in [-0.05, 0) is 42.1 Å². The van der Waals surface area contributed by atoms with Crippen LogP contribution in [-0.2, 0) is 9.59 Å². The highest BCUT2D eigenvalue weighted by Gasteiger charge is 2.42. The van der Waals surface area contributed by atoms with Crippen molar-refractivity contribution >= 4 is 52.1 Å². The van der Waals surface area contributed by atoms with Crippen molar-refractivity contribution in [2.45, 2.75) is 11.7 Å². The van der Waals surface area contributed by atoms with E-state index in [0.717, 1.165) is 23.1 Å². The number of hydrogen-bond donors (Lipinski definition) is 3. The van der Waals surface area contributed by atoms with Gasteiger partial charge in [-0.3, -0.25) is 14.4 Å². The van der Waals surface area contributed by atoms with Gasteiger partial charge in [-0.15, -0.1) is 0 Å². The summed E-state index contributed by atoms with van der Waals surface area (Å²) in [4.78, 5) is 61.4. The number of imide groups is 1. The number of anilines is 2. The summed E-state index contributed by atoms with van der Waals surface area (Å²) in [6.45, 7) is 0. The molecule has 172 valence electrons. The quantitative estimate of drug-likeness (QED) is 0.519. The summed E-state index contributed by atoms with van der Waals surface area (Å²) >= 11 is 0.643. The van der Waals surface area contributed by atoms with E-state index in [4.69, 9.17) is 14.6 Å². The van der Waals surface area contributed by atoms with Gasteiger partial charge < -0.3 is 25.0 Å². The normalized spacial score (nSPS) is 15.3. The molecule has 1 unspecified atom stereocenters. The Morgan fingerprint density at radius 3 is 2.36 bits per heavy atom. The molecule has 3 rings (SSSR count). The lowest BCUT2D eigenvalue weighted by molar-refractivity contribution is -0.121. The molecule has 1 heterocycles. The molecule has 3 amide bonds. The van der Waals surface area contributed by atoms with Crippen LogP contribution in [0.5, 0.6) is 11.5 Å². The van der Waals surface area contributed by atoms with Crippen LogP contribution in [-0.4, -0.2) is 58.7 Å². The Hall–Kier alpha value is -4.06. The zero-order valence-corrected chi connectivity index (χ0v) is 18.2. The van der Waals surface area contributed by atoms with Gasteiger partial charge in [0, 0.05) is 12.5 Å². The van der Waals surface area contributed by atoms with E-state index in [1.165, 1.54) is 26.4 Å². The van der Waals surface area contributed by atoms with Crippen molar-refractivity contribution in [1.82, 2.24) is 0 Å². The second-order valence-corrected chi connectivity index (χ2v) is 7.86. The average molecular weight is 474 g/mol. The zero-order valence-electron chi connectivity index (χ0n) is 17.4. The number of ether oxygens (including phenoxy) is 2. The number of carboxylic acids is 2. The van der Waals surface area contributed by atoms with Gasteiger partial charge in [0.05, 0.1) is 36.7 Å². The summed E-state index contributed by atoms with van der Waals surface area (Å²) in [5.41, 5.74) is -0.595. The number of carboxylic acid groups (broad SMARTS) is 2. The number of methoxy groups -OCH3 is 2. The average Bonchev–Trinajstić information content (AvgIpc) is 3.05. The van der Waals surface area contributed by atoms with Crippen LogP contribution in [0.1, 0.15) is 27.1 Å². The van der Waals surface area contributed by atoms with Gasteiger partial charge in [-0.25, -0.2) is 14.5 Å². The number of benzene rings is 2. The third-order valence-corrected chi connectivity index (χ3v) is 5.73. The Morgan fingerprint density at radius 2 is 1.76 bits per heavy atom. The number of hydrogen-bond acceptors (Lipinski definition) is 8. The predicted octanol–water partition coefficient (Wildman–Crippen LogP) is 2.70. The van der Waals surface area contributed by atoms with Crippen molar-refractivity contribution in [2.24, 2.45) is 0 Å². The molecule has 1 saturated heterocycles. The van der Waals surface area contributed by atoms with E-state index >= 15 is 0 Å². The standard InChI is InChI=1S/C21H18N2O9S/c1-31-11-4-6-14(15(8-11)32-2)23-18(25)16(33-21(23)30)9-17(24)22-13-7-10(19(26)27)3-5-12(13)20(28)29/h3-8,16H,9H2,1-2H3,(H,22,24)(H,26,27)(H,28,29). The fourth-order valence-corrected chi connectivity index (χ4v) is 4.09. The Labute approximate surface area is 191 Å². The molecule has 0 bridgehead atoms. The van der Waals surface area contributed by atoms with Crippen molar-refractivity contribution in [2.75, 3.05) is 24.4 Å².